The molecular formula is C16H23N5O. The lowest BCUT2D eigenvalue weighted by molar-refractivity contribution is 0.303. The van der Waals surface area contributed by atoms with Crippen LogP contribution in [0.4, 0.5) is 11.9 Å². The Balaban J connectivity index is 1.87. The molecule has 6 nitrogen and oxygen atoms in total. The summed E-state index contributed by atoms with van der Waals surface area (Å²) in [4.78, 5) is 11.8. The smallest absolute Gasteiger partial charge is 0.227 e. The van der Waals surface area contributed by atoms with Gasteiger partial charge >= 0.3 is 0 Å². The molecular weight excluding hydrogens is 278 g/mol. The van der Waals surface area contributed by atoms with Gasteiger partial charge in [0.1, 0.15) is 18.7 Å². The predicted molar refractivity (Wildman–Crippen MR) is 88.0 cm³/mol. The molecule has 0 aliphatic carbocycles. The van der Waals surface area contributed by atoms with Crippen LogP contribution in [0.1, 0.15) is 33.3 Å². The van der Waals surface area contributed by atoms with Crippen molar-refractivity contribution in [1.82, 2.24) is 15.0 Å². The second-order valence-corrected chi connectivity index (χ2v) is 6.30. The van der Waals surface area contributed by atoms with E-state index in [2.05, 4.69) is 53.2 Å². The topological polar surface area (TPSA) is 86.0 Å². The van der Waals surface area contributed by atoms with Gasteiger partial charge in [-0.15, -0.1) is 0 Å². The van der Waals surface area contributed by atoms with E-state index < -0.39 is 0 Å². The van der Waals surface area contributed by atoms with E-state index in [0.717, 1.165) is 5.75 Å². The van der Waals surface area contributed by atoms with Crippen LogP contribution < -0.4 is 15.8 Å². The number of hydrogen-bond donors (Lipinski definition) is 2. The van der Waals surface area contributed by atoms with E-state index in [1.54, 1.807) is 0 Å². The van der Waals surface area contributed by atoms with Crippen LogP contribution in [-0.2, 0) is 5.41 Å². The molecule has 1 heterocycles. The average Bonchev–Trinajstić information content (AvgIpc) is 2.45. The lowest BCUT2D eigenvalue weighted by Crippen LogP contribution is -2.25. The monoisotopic (exact) mass is 301 g/mol. The third-order valence-corrected chi connectivity index (χ3v) is 3.19. The number of anilines is 2. The van der Waals surface area contributed by atoms with Gasteiger partial charge in [-0.2, -0.15) is 4.98 Å². The van der Waals surface area contributed by atoms with Gasteiger partial charge in [0.15, 0.2) is 0 Å². The van der Waals surface area contributed by atoms with Crippen molar-refractivity contribution in [2.24, 2.45) is 0 Å². The molecule has 118 valence electrons. The van der Waals surface area contributed by atoms with Crippen LogP contribution in [0.15, 0.2) is 30.6 Å². The first-order valence-electron chi connectivity index (χ1n) is 7.29. The van der Waals surface area contributed by atoms with Gasteiger partial charge in [0.2, 0.25) is 11.9 Å². The van der Waals surface area contributed by atoms with E-state index in [9.17, 15) is 0 Å². The molecule has 1 aromatic heterocycles. The van der Waals surface area contributed by atoms with Crippen LogP contribution in [0.25, 0.3) is 0 Å². The summed E-state index contributed by atoms with van der Waals surface area (Å²) >= 11 is 0. The zero-order valence-electron chi connectivity index (χ0n) is 13.5. The Kier molecular flexibility index (Phi) is 4.80. The predicted octanol–water partition coefficient (Wildman–Crippen LogP) is 2.63. The minimum absolute atomic E-state index is 0.0455. The number of rotatable bonds is 5. The van der Waals surface area contributed by atoms with Crippen molar-refractivity contribution >= 4 is 11.9 Å². The van der Waals surface area contributed by atoms with E-state index in [1.165, 1.54) is 11.9 Å². The van der Waals surface area contributed by atoms with Gasteiger partial charge in [-0.25, -0.2) is 9.97 Å². The van der Waals surface area contributed by atoms with Crippen LogP contribution in [0.5, 0.6) is 5.75 Å². The molecule has 1 unspecified atom stereocenters. The number of nitrogens with zero attached hydrogens (tertiary/aromatic N) is 3. The normalized spacial score (nSPS) is 12.7. The summed E-state index contributed by atoms with van der Waals surface area (Å²) < 4.78 is 5.77. The Morgan fingerprint density at radius 3 is 2.45 bits per heavy atom. The van der Waals surface area contributed by atoms with Crippen molar-refractivity contribution in [3.63, 3.8) is 0 Å². The highest BCUT2D eigenvalue weighted by atomic mass is 16.5. The third-order valence-electron chi connectivity index (χ3n) is 3.19. The second kappa shape index (κ2) is 6.60. The molecule has 1 atom stereocenters. The lowest BCUT2D eigenvalue weighted by atomic mass is 9.87. The average molecular weight is 301 g/mol. The maximum absolute atomic E-state index is 5.77. The van der Waals surface area contributed by atoms with E-state index in [1.807, 2.05) is 19.1 Å². The first-order valence-corrected chi connectivity index (χ1v) is 7.29. The Hall–Kier alpha value is -2.37. The second-order valence-electron chi connectivity index (χ2n) is 6.30. The van der Waals surface area contributed by atoms with E-state index in [0.29, 0.717) is 12.6 Å². The van der Waals surface area contributed by atoms with E-state index >= 15 is 0 Å². The van der Waals surface area contributed by atoms with Gasteiger partial charge in [0, 0.05) is 0 Å². The zero-order valence-corrected chi connectivity index (χ0v) is 13.5. The molecule has 2 rings (SSSR count). The van der Waals surface area contributed by atoms with Crippen molar-refractivity contribution in [1.29, 1.82) is 0 Å². The standard InChI is InChI=1S/C16H23N5O/c1-11(20-15-19-10-18-14(17)21-15)9-22-13-7-5-12(6-8-13)16(2,3)4/h5-8,10-11H,9H2,1-4H3,(H3,17,18,19,20,21). The molecule has 3 N–H and O–H groups in total. The minimum Gasteiger partial charge on any atom is -0.491 e. The quantitative estimate of drug-likeness (QED) is 0.883. The van der Waals surface area contributed by atoms with E-state index in [-0.39, 0.29) is 17.4 Å². The van der Waals surface area contributed by atoms with E-state index in [4.69, 9.17) is 10.5 Å². The summed E-state index contributed by atoms with van der Waals surface area (Å²) in [5.41, 5.74) is 6.94. The number of benzene rings is 1. The highest BCUT2D eigenvalue weighted by Gasteiger charge is 2.13. The minimum atomic E-state index is 0.0455. The summed E-state index contributed by atoms with van der Waals surface area (Å²) in [7, 11) is 0. The molecule has 0 bridgehead atoms. The molecule has 0 amide bonds. The number of nitrogens with one attached hydrogen (secondary N) is 1. The van der Waals surface area contributed by atoms with Crippen LogP contribution in [0, 0.1) is 0 Å². The number of nitrogen functional groups attached to an aromatic ring is 1. The maximum atomic E-state index is 5.77. The highest BCUT2D eigenvalue weighted by Crippen LogP contribution is 2.24. The van der Waals surface area contributed by atoms with Gasteiger partial charge in [0.25, 0.3) is 0 Å². The highest BCUT2D eigenvalue weighted by molar-refractivity contribution is 5.32. The molecule has 0 spiro atoms. The summed E-state index contributed by atoms with van der Waals surface area (Å²) in [6, 6.07) is 8.23. The Labute approximate surface area is 131 Å². The van der Waals surface area contributed by atoms with Crippen molar-refractivity contribution in [3.8, 4) is 5.75 Å². The fourth-order valence-electron chi connectivity index (χ4n) is 1.91. The molecule has 0 aliphatic heterocycles. The Bertz CT molecular complexity index is 607. The Morgan fingerprint density at radius 2 is 1.86 bits per heavy atom. The number of aromatic nitrogens is 3. The summed E-state index contributed by atoms with van der Waals surface area (Å²) in [5.74, 6) is 1.49. The van der Waals surface area contributed by atoms with Gasteiger partial charge < -0.3 is 15.8 Å². The summed E-state index contributed by atoms with van der Waals surface area (Å²) in [6.45, 7) is 9.06. The number of ether oxygens (including phenoxy) is 1. The molecule has 0 saturated carbocycles. The molecule has 22 heavy (non-hydrogen) atoms. The van der Waals surface area contributed by atoms with Crippen LogP contribution in [-0.4, -0.2) is 27.6 Å². The molecule has 0 radical (unpaired) electrons. The fourth-order valence-corrected chi connectivity index (χ4v) is 1.91. The van der Waals surface area contributed by atoms with Crippen LogP contribution in [0.2, 0.25) is 0 Å². The summed E-state index contributed by atoms with van der Waals surface area (Å²) in [5, 5.41) is 3.12. The maximum Gasteiger partial charge on any atom is 0.227 e. The van der Waals surface area contributed by atoms with Crippen LogP contribution in [0.3, 0.4) is 0 Å². The number of hydrogen-bond acceptors (Lipinski definition) is 6. The zero-order chi connectivity index (χ0) is 16.2. The Morgan fingerprint density at radius 1 is 1.18 bits per heavy atom. The molecule has 2 aromatic rings. The SMILES string of the molecule is CC(COc1ccc(C(C)(C)C)cc1)Nc1ncnc(N)n1. The van der Waals surface area contributed by atoms with Crippen molar-refractivity contribution < 1.29 is 4.74 Å². The van der Waals surface area contributed by atoms with Gasteiger partial charge in [-0.1, -0.05) is 32.9 Å². The first-order chi connectivity index (χ1) is 10.3. The van der Waals surface area contributed by atoms with Gasteiger partial charge in [-0.3, -0.25) is 0 Å². The van der Waals surface area contributed by atoms with Crippen molar-refractivity contribution in [2.45, 2.75) is 39.2 Å². The number of nitrogens with two attached hydrogens (primary N) is 1. The third kappa shape index (κ3) is 4.58. The van der Waals surface area contributed by atoms with Crippen molar-refractivity contribution in [2.75, 3.05) is 17.7 Å². The van der Waals surface area contributed by atoms with Gasteiger partial charge in [-0.05, 0) is 30.0 Å². The summed E-state index contributed by atoms with van der Waals surface area (Å²) in [6.07, 6.45) is 1.38. The molecule has 0 saturated heterocycles. The largest absolute Gasteiger partial charge is 0.491 e. The molecule has 0 aliphatic rings. The van der Waals surface area contributed by atoms with Gasteiger partial charge in [0.05, 0.1) is 6.04 Å². The van der Waals surface area contributed by atoms with Crippen molar-refractivity contribution in [3.05, 3.63) is 36.2 Å². The molecule has 6 heteroatoms. The lowest BCUT2D eigenvalue weighted by Gasteiger charge is -2.19. The molecule has 1 aromatic carbocycles. The first kappa shape index (κ1) is 16.0. The molecule has 0 fully saturated rings. The van der Waals surface area contributed by atoms with Crippen LogP contribution >= 0.6 is 0 Å². The fraction of sp³-hybridized carbons (Fsp3) is 0.438.